The molecule has 1 aliphatic rings. The summed E-state index contributed by atoms with van der Waals surface area (Å²) < 4.78 is 0. The molecule has 0 amide bonds. The van der Waals surface area contributed by atoms with Gasteiger partial charge in [0.15, 0.2) is 5.84 Å². The van der Waals surface area contributed by atoms with Gasteiger partial charge in [-0.1, -0.05) is 212 Å². The van der Waals surface area contributed by atoms with Gasteiger partial charge in [-0.05, 0) is 79.9 Å². The van der Waals surface area contributed by atoms with Gasteiger partial charge in [-0.25, -0.2) is 4.99 Å². The number of anilines is 2. The summed E-state index contributed by atoms with van der Waals surface area (Å²) in [5, 5.41) is 16.5. The molecule has 0 bridgehead atoms. The third-order valence-corrected chi connectivity index (χ3v) is 11.9. The zero-order valence-electron chi connectivity index (χ0n) is 34.2. The van der Waals surface area contributed by atoms with Gasteiger partial charge >= 0.3 is 0 Å². The fourth-order valence-electron chi connectivity index (χ4n) is 8.98. The average molecular weight is 797 g/mol. The number of amidine groups is 2. The van der Waals surface area contributed by atoms with Gasteiger partial charge in [-0.3, -0.25) is 5.41 Å². The second-order valence-electron chi connectivity index (χ2n) is 15.6. The van der Waals surface area contributed by atoms with Gasteiger partial charge in [0.1, 0.15) is 5.84 Å². The van der Waals surface area contributed by atoms with Gasteiger partial charge in [0.05, 0.1) is 5.41 Å². The molecule has 0 fully saturated rings. The number of benzene rings is 9. The molecule has 4 nitrogen and oxygen atoms in total. The lowest BCUT2D eigenvalue weighted by Gasteiger charge is -2.34. The molecule has 62 heavy (non-hydrogen) atoms. The topological polar surface area (TPSA) is 60.3 Å². The molecule has 1 aliphatic carbocycles. The maximum atomic E-state index is 9.00. The first-order chi connectivity index (χ1) is 30.6. The zero-order chi connectivity index (χ0) is 41.7. The minimum absolute atomic E-state index is 0.196. The molecule has 9 aromatic rings. The van der Waals surface area contributed by atoms with E-state index >= 15 is 0 Å². The number of hydrogen-bond donors (Lipinski definition) is 3. The van der Waals surface area contributed by atoms with E-state index in [1.165, 1.54) is 33.4 Å². The number of nitrogens with zero attached hydrogens (tertiary/aromatic N) is 1. The minimum atomic E-state index is -0.498. The van der Waals surface area contributed by atoms with Crippen LogP contribution < -0.4 is 10.6 Å². The predicted molar refractivity (Wildman–Crippen MR) is 257 cm³/mol. The number of nitrogens with one attached hydrogen (secondary N) is 3. The maximum Gasteiger partial charge on any atom is 0.154 e. The van der Waals surface area contributed by atoms with E-state index in [0.29, 0.717) is 12.4 Å². The minimum Gasteiger partial charge on any atom is -0.365 e. The molecular formula is C58H44N4. The Bertz CT molecular complexity index is 2980. The smallest absolute Gasteiger partial charge is 0.154 e. The van der Waals surface area contributed by atoms with Gasteiger partial charge in [-0.15, -0.1) is 0 Å². The second kappa shape index (κ2) is 16.9. The van der Waals surface area contributed by atoms with E-state index in [2.05, 4.69) is 187 Å². The predicted octanol–water partition coefficient (Wildman–Crippen LogP) is 13.7. The molecule has 0 radical (unpaired) electrons. The third kappa shape index (κ3) is 7.29. The van der Waals surface area contributed by atoms with Crippen molar-refractivity contribution in [3.05, 3.63) is 276 Å². The normalized spacial score (nSPS) is 12.5. The summed E-state index contributed by atoms with van der Waals surface area (Å²) in [5.74, 6) is 0.839. The van der Waals surface area contributed by atoms with Crippen LogP contribution in [0.2, 0.25) is 0 Å². The van der Waals surface area contributed by atoms with E-state index in [0.717, 1.165) is 50.3 Å². The van der Waals surface area contributed by atoms with Crippen LogP contribution in [0.3, 0.4) is 0 Å². The Labute approximate surface area is 363 Å². The summed E-state index contributed by atoms with van der Waals surface area (Å²) in [7, 11) is 0. The van der Waals surface area contributed by atoms with Crippen LogP contribution in [-0.4, -0.2) is 11.7 Å². The zero-order valence-corrected chi connectivity index (χ0v) is 34.2. The number of rotatable bonds is 10. The van der Waals surface area contributed by atoms with Crippen LogP contribution >= 0.6 is 0 Å². The summed E-state index contributed by atoms with van der Waals surface area (Å²) in [6.45, 7) is 0.517. The largest absolute Gasteiger partial charge is 0.365 e. The highest BCUT2D eigenvalue weighted by Gasteiger charge is 2.46. The van der Waals surface area contributed by atoms with Crippen LogP contribution in [0, 0.1) is 5.41 Å². The highest BCUT2D eigenvalue weighted by atomic mass is 15.0. The van der Waals surface area contributed by atoms with Crippen molar-refractivity contribution in [1.29, 1.82) is 5.41 Å². The lowest BCUT2D eigenvalue weighted by Crippen LogP contribution is -2.28. The SMILES string of the molecule is N=C(/N=C(\NCc1cccc(Nc2cc3c(cc2-c2ccccc2)C(c2ccccc2)(c2ccccc2)c2ccccc2-3)c1)c1ccccc1)c1ccc(-c2ccccc2)cc1. The summed E-state index contributed by atoms with van der Waals surface area (Å²) in [6.07, 6.45) is 0. The Morgan fingerprint density at radius 3 is 1.66 bits per heavy atom. The molecule has 296 valence electrons. The second-order valence-corrected chi connectivity index (χ2v) is 15.6. The van der Waals surface area contributed by atoms with Crippen molar-refractivity contribution in [3.63, 3.8) is 0 Å². The van der Waals surface area contributed by atoms with Gasteiger partial charge < -0.3 is 10.6 Å². The molecule has 9 aromatic carbocycles. The quantitative estimate of drug-likeness (QED) is 0.0953. The molecule has 0 atom stereocenters. The maximum absolute atomic E-state index is 9.00. The number of hydrogen-bond acceptors (Lipinski definition) is 2. The molecule has 0 heterocycles. The van der Waals surface area contributed by atoms with Crippen molar-refractivity contribution in [1.82, 2.24) is 5.32 Å². The number of aliphatic imine (C=N–C) groups is 1. The Kier molecular flexibility index (Phi) is 10.4. The number of fused-ring (bicyclic) bond motifs is 3. The van der Waals surface area contributed by atoms with Gasteiger partial charge in [-0.2, -0.15) is 0 Å². The van der Waals surface area contributed by atoms with Crippen LogP contribution in [0.25, 0.3) is 33.4 Å². The fourth-order valence-corrected chi connectivity index (χ4v) is 8.98. The molecular weight excluding hydrogens is 753 g/mol. The lowest BCUT2D eigenvalue weighted by molar-refractivity contribution is 0.769. The lowest BCUT2D eigenvalue weighted by atomic mass is 9.67. The summed E-state index contributed by atoms with van der Waals surface area (Å²) in [4.78, 5) is 4.85. The van der Waals surface area contributed by atoms with Crippen molar-refractivity contribution in [2.45, 2.75) is 12.0 Å². The van der Waals surface area contributed by atoms with E-state index in [1.807, 2.05) is 60.7 Å². The van der Waals surface area contributed by atoms with E-state index < -0.39 is 5.41 Å². The highest BCUT2D eigenvalue weighted by molar-refractivity contribution is 6.10. The van der Waals surface area contributed by atoms with Crippen molar-refractivity contribution < 1.29 is 0 Å². The van der Waals surface area contributed by atoms with Crippen molar-refractivity contribution in [2.75, 3.05) is 5.32 Å². The standard InChI is InChI=1S/C58H44N4/c59-56(45-35-33-43(34-36-45)42-20-6-1-7-21-42)62-57(46-24-10-3-11-25-46)60-40-41-19-18-30-49(37-41)61-55-39-52-50-31-16-17-32-53(50)58(47-26-12-4-13-27-47,48-28-14-5-15-29-48)54(52)38-51(55)44-22-8-2-9-23-44/h1-39,61H,40H2,(H2,59,60,62). The highest BCUT2D eigenvalue weighted by Crippen LogP contribution is 2.57. The van der Waals surface area contributed by atoms with E-state index in [-0.39, 0.29) is 5.84 Å². The molecule has 0 spiro atoms. The Balaban J connectivity index is 0.996. The van der Waals surface area contributed by atoms with Gasteiger partial charge in [0, 0.05) is 34.6 Å². The van der Waals surface area contributed by atoms with Crippen LogP contribution in [0.15, 0.2) is 242 Å². The molecule has 3 N–H and O–H groups in total. The summed E-state index contributed by atoms with van der Waals surface area (Å²) >= 11 is 0. The summed E-state index contributed by atoms with van der Waals surface area (Å²) in [5.41, 5.74) is 16.3. The average Bonchev–Trinajstić information content (AvgIpc) is 3.64. The summed E-state index contributed by atoms with van der Waals surface area (Å²) in [6, 6.07) is 83.1. The van der Waals surface area contributed by atoms with E-state index in [4.69, 9.17) is 10.4 Å². The van der Waals surface area contributed by atoms with Crippen LogP contribution in [0.5, 0.6) is 0 Å². The monoisotopic (exact) mass is 796 g/mol. The van der Waals surface area contributed by atoms with Crippen LogP contribution in [0.4, 0.5) is 11.4 Å². The Hall–Kier alpha value is -8.08. The molecule has 4 heteroatoms. The first-order valence-corrected chi connectivity index (χ1v) is 21.1. The van der Waals surface area contributed by atoms with Gasteiger partial charge in [0.2, 0.25) is 0 Å². The molecule has 0 saturated heterocycles. The molecule has 0 unspecified atom stereocenters. The third-order valence-electron chi connectivity index (χ3n) is 11.9. The Morgan fingerprint density at radius 2 is 1.00 bits per heavy atom. The first kappa shape index (κ1) is 38.1. The van der Waals surface area contributed by atoms with Crippen LogP contribution in [-0.2, 0) is 12.0 Å². The first-order valence-electron chi connectivity index (χ1n) is 21.1. The van der Waals surface area contributed by atoms with E-state index in [1.54, 1.807) is 0 Å². The van der Waals surface area contributed by atoms with Crippen molar-refractivity contribution >= 4 is 23.0 Å². The molecule has 10 rings (SSSR count). The van der Waals surface area contributed by atoms with Gasteiger partial charge in [0.25, 0.3) is 0 Å². The molecule has 0 saturated carbocycles. The van der Waals surface area contributed by atoms with Crippen molar-refractivity contribution in [2.24, 2.45) is 4.99 Å². The Morgan fingerprint density at radius 1 is 0.435 bits per heavy atom. The van der Waals surface area contributed by atoms with Crippen LogP contribution in [0.1, 0.15) is 38.9 Å². The van der Waals surface area contributed by atoms with E-state index in [9.17, 15) is 0 Å². The fraction of sp³-hybridized carbons (Fsp3) is 0.0345. The molecule has 0 aromatic heterocycles. The van der Waals surface area contributed by atoms with Crippen molar-refractivity contribution in [3.8, 4) is 33.4 Å². The molecule has 0 aliphatic heterocycles.